The van der Waals surface area contributed by atoms with Crippen LogP contribution in [0.25, 0.3) is 0 Å². The van der Waals surface area contributed by atoms with Gasteiger partial charge in [0, 0.05) is 13.1 Å². The molecule has 0 spiro atoms. The van der Waals surface area contributed by atoms with Crippen LogP contribution in [0.1, 0.15) is 36.7 Å². The van der Waals surface area contributed by atoms with Crippen molar-refractivity contribution < 1.29 is 22.4 Å². The van der Waals surface area contributed by atoms with Crippen molar-refractivity contribution in [2.75, 3.05) is 13.1 Å². The number of urea groups is 1. The molecule has 1 N–H and O–H groups in total. The maximum absolute atomic E-state index is 13.1. The van der Waals surface area contributed by atoms with E-state index in [4.69, 9.17) is 4.42 Å². The van der Waals surface area contributed by atoms with E-state index >= 15 is 0 Å². The van der Waals surface area contributed by atoms with Crippen molar-refractivity contribution in [1.29, 1.82) is 0 Å². The summed E-state index contributed by atoms with van der Waals surface area (Å²) < 4.78 is 32.1. The predicted octanol–water partition coefficient (Wildman–Crippen LogP) is 2.34. The normalized spacial score (nSPS) is 23.0. The molecule has 0 aliphatic carbocycles. The van der Waals surface area contributed by atoms with Gasteiger partial charge in [0.05, 0.1) is 6.54 Å². The van der Waals surface area contributed by atoms with Gasteiger partial charge in [-0.25, -0.2) is 13.2 Å². The number of furan rings is 1. The van der Waals surface area contributed by atoms with E-state index in [9.17, 15) is 18.0 Å². The van der Waals surface area contributed by atoms with E-state index in [0.717, 1.165) is 28.9 Å². The molecule has 0 radical (unpaired) electrons. The summed E-state index contributed by atoms with van der Waals surface area (Å²) in [6.07, 6.45) is 1.65. The van der Waals surface area contributed by atoms with Gasteiger partial charge in [0.15, 0.2) is 0 Å². The number of sulfonamides is 1. The third kappa shape index (κ3) is 3.24. The fourth-order valence-electron chi connectivity index (χ4n) is 3.95. The molecule has 29 heavy (non-hydrogen) atoms. The van der Waals surface area contributed by atoms with Gasteiger partial charge >= 0.3 is 6.03 Å². The highest BCUT2D eigenvalue weighted by Gasteiger charge is 2.49. The molecule has 2 aliphatic heterocycles. The molecule has 0 saturated carbocycles. The largest absolute Gasteiger partial charge is 0.446 e. The minimum Gasteiger partial charge on any atom is -0.446 e. The standard InChI is InChI=1S/C20H23N3O5S/c1-14-7-3-4-8-16(14)20(2)18(24)23(19(25)21-20)13-15-9-10-17(28-15)29(26,27)22-11-5-6-12-22/h3-4,7-10H,5-6,11-13H2,1-2H3,(H,21,25). The Bertz CT molecular complexity index is 1070. The predicted molar refractivity (Wildman–Crippen MR) is 104 cm³/mol. The van der Waals surface area contributed by atoms with Crippen LogP contribution in [0.3, 0.4) is 0 Å². The molecule has 9 heteroatoms. The quantitative estimate of drug-likeness (QED) is 0.753. The highest BCUT2D eigenvalue weighted by atomic mass is 32.2. The summed E-state index contributed by atoms with van der Waals surface area (Å²) in [5.74, 6) is -0.169. The second-order valence-electron chi connectivity index (χ2n) is 7.59. The first kappa shape index (κ1) is 19.7. The zero-order valence-electron chi connectivity index (χ0n) is 16.3. The molecule has 2 aromatic rings. The third-order valence-corrected chi connectivity index (χ3v) is 7.34. The molecule has 2 saturated heterocycles. The van der Waals surface area contributed by atoms with Crippen molar-refractivity contribution in [2.45, 2.75) is 43.9 Å². The molecule has 3 heterocycles. The first-order valence-electron chi connectivity index (χ1n) is 9.52. The number of imide groups is 1. The Balaban J connectivity index is 1.56. The van der Waals surface area contributed by atoms with Crippen LogP contribution in [-0.4, -0.2) is 42.7 Å². The molecule has 1 aromatic carbocycles. The van der Waals surface area contributed by atoms with Gasteiger partial charge in [-0.1, -0.05) is 24.3 Å². The fraction of sp³-hybridized carbons (Fsp3) is 0.400. The summed E-state index contributed by atoms with van der Waals surface area (Å²) in [7, 11) is -3.69. The average Bonchev–Trinajstić information content (AvgIpc) is 3.41. The number of benzene rings is 1. The molecule has 0 bridgehead atoms. The van der Waals surface area contributed by atoms with Gasteiger partial charge in [-0.05, 0) is 49.9 Å². The highest BCUT2D eigenvalue weighted by molar-refractivity contribution is 7.89. The second-order valence-corrected chi connectivity index (χ2v) is 9.46. The molecule has 4 rings (SSSR count). The zero-order chi connectivity index (χ0) is 20.8. The summed E-state index contributed by atoms with van der Waals surface area (Å²) in [5.41, 5.74) is 0.430. The van der Waals surface area contributed by atoms with Gasteiger partial charge in [-0.2, -0.15) is 4.31 Å². The lowest BCUT2D eigenvalue weighted by atomic mass is 9.88. The molecule has 1 aromatic heterocycles. The van der Waals surface area contributed by atoms with Crippen LogP contribution in [-0.2, 0) is 26.9 Å². The SMILES string of the molecule is Cc1ccccc1C1(C)NC(=O)N(Cc2ccc(S(=O)(=O)N3CCCC3)o2)C1=O. The molecule has 3 amide bonds. The molecule has 1 unspecified atom stereocenters. The third-order valence-electron chi connectivity index (χ3n) is 5.57. The topological polar surface area (TPSA) is 99.9 Å². The summed E-state index contributed by atoms with van der Waals surface area (Å²) >= 11 is 0. The van der Waals surface area contributed by atoms with Crippen LogP contribution in [0.2, 0.25) is 0 Å². The monoisotopic (exact) mass is 417 g/mol. The molecule has 2 fully saturated rings. The minimum atomic E-state index is -3.69. The Labute approximate surface area is 169 Å². The van der Waals surface area contributed by atoms with E-state index in [1.54, 1.807) is 6.92 Å². The number of rotatable bonds is 5. The molecule has 154 valence electrons. The number of carbonyl (C=O) groups excluding carboxylic acids is 2. The summed E-state index contributed by atoms with van der Waals surface area (Å²) in [6.45, 7) is 4.35. The van der Waals surface area contributed by atoms with Crippen molar-refractivity contribution >= 4 is 22.0 Å². The van der Waals surface area contributed by atoms with Gasteiger partial charge in [-0.3, -0.25) is 9.69 Å². The Morgan fingerprint density at radius 1 is 1.10 bits per heavy atom. The van der Waals surface area contributed by atoms with E-state index in [1.165, 1.54) is 16.4 Å². The number of aryl methyl sites for hydroxylation is 1. The Morgan fingerprint density at radius 2 is 1.79 bits per heavy atom. The van der Waals surface area contributed by atoms with Gasteiger partial charge in [-0.15, -0.1) is 0 Å². The first-order chi connectivity index (χ1) is 13.7. The Morgan fingerprint density at radius 3 is 2.48 bits per heavy atom. The van der Waals surface area contributed by atoms with Gasteiger partial charge in [0.1, 0.15) is 11.3 Å². The highest BCUT2D eigenvalue weighted by Crippen LogP contribution is 2.32. The zero-order valence-corrected chi connectivity index (χ0v) is 17.2. The maximum atomic E-state index is 13.1. The molecule has 8 nitrogen and oxygen atoms in total. The molecule has 1 atom stereocenters. The second kappa shape index (κ2) is 7.00. The van der Waals surface area contributed by atoms with Gasteiger partial charge in [0.2, 0.25) is 5.09 Å². The number of amides is 3. The van der Waals surface area contributed by atoms with E-state index in [2.05, 4.69) is 5.32 Å². The Hall–Kier alpha value is -2.65. The summed E-state index contributed by atoms with van der Waals surface area (Å²) in [6, 6.07) is 9.70. The lowest BCUT2D eigenvalue weighted by Crippen LogP contribution is -2.41. The smallest absolute Gasteiger partial charge is 0.325 e. The van der Waals surface area contributed by atoms with Crippen molar-refractivity contribution in [3.8, 4) is 0 Å². The Kier molecular flexibility index (Phi) is 4.74. The minimum absolute atomic E-state index is 0.137. The van der Waals surface area contributed by atoms with Crippen LogP contribution in [0.4, 0.5) is 4.79 Å². The lowest BCUT2D eigenvalue weighted by molar-refractivity contribution is -0.131. The summed E-state index contributed by atoms with van der Waals surface area (Å²) in [5, 5.41) is 2.59. The van der Waals surface area contributed by atoms with E-state index in [1.807, 2.05) is 31.2 Å². The number of carbonyl (C=O) groups is 2. The first-order valence-corrected chi connectivity index (χ1v) is 11.0. The molecule has 2 aliphatic rings. The summed E-state index contributed by atoms with van der Waals surface area (Å²) in [4.78, 5) is 26.7. The molecular formula is C20H23N3O5S. The van der Waals surface area contributed by atoms with E-state index in [0.29, 0.717) is 13.1 Å². The van der Waals surface area contributed by atoms with Gasteiger partial charge in [0.25, 0.3) is 15.9 Å². The van der Waals surface area contributed by atoms with Crippen molar-refractivity contribution in [3.63, 3.8) is 0 Å². The fourth-order valence-corrected chi connectivity index (χ4v) is 5.40. The average molecular weight is 417 g/mol. The van der Waals surface area contributed by atoms with Crippen LogP contribution in [0, 0.1) is 6.92 Å². The molecular weight excluding hydrogens is 394 g/mol. The van der Waals surface area contributed by atoms with E-state index < -0.39 is 27.5 Å². The van der Waals surface area contributed by atoms with Crippen molar-refractivity contribution in [2.24, 2.45) is 0 Å². The van der Waals surface area contributed by atoms with Gasteiger partial charge < -0.3 is 9.73 Å². The number of hydrogen-bond donors (Lipinski definition) is 1. The van der Waals surface area contributed by atoms with Crippen molar-refractivity contribution in [1.82, 2.24) is 14.5 Å². The van der Waals surface area contributed by atoms with Crippen LogP contribution in [0.15, 0.2) is 45.9 Å². The van der Waals surface area contributed by atoms with Crippen LogP contribution >= 0.6 is 0 Å². The van der Waals surface area contributed by atoms with Crippen LogP contribution < -0.4 is 5.32 Å². The number of nitrogens with zero attached hydrogens (tertiary/aromatic N) is 2. The van der Waals surface area contributed by atoms with Crippen LogP contribution in [0.5, 0.6) is 0 Å². The van der Waals surface area contributed by atoms with E-state index in [-0.39, 0.29) is 17.4 Å². The number of nitrogens with one attached hydrogen (secondary N) is 1. The van der Waals surface area contributed by atoms with Crippen molar-refractivity contribution in [3.05, 3.63) is 53.3 Å². The lowest BCUT2D eigenvalue weighted by Gasteiger charge is -2.24. The number of hydrogen-bond acceptors (Lipinski definition) is 5. The maximum Gasteiger partial charge on any atom is 0.325 e.